The van der Waals surface area contributed by atoms with E-state index >= 15 is 0 Å². The maximum absolute atomic E-state index is 14.0. The monoisotopic (exact) mass is 473 g/mol. The maximum atomic E-state index is 14.0. The summed E-state index contributed by atoms with van der Waals surface area (Å²) in [4.78, 5) is 13.6. The zero-order valence-corrected chi connectivity index (χ0v) is 19.4. The van der Waals surface area contributed by atoms with Gasteiger partial charge in [-0.2, -0.15) is 0 Å². The zero-order chi connectivity index (χ0) is 24.2. The van der Waals surface area contributed by atoms with Crippen molar-refractivity contribution in [1.29, 1.82) is 0 Å². The lowest BCUT2D eigenvalue weighted by Gasteiger charge is -2.33. The number of fused-ring (bicyclic) bond motifs is 1. The third-order valence-corrected chi connectivity index (χ3v) is 5.68. The van der Waals surface area contributed by atoms with Crippen molar-refractivity contribution < 1.29 is 27.1 Å². The number of cyclic esters (lactones) is 1. The van der Waals surface area contributed by atoms with Gasteiger partial charge in [-0.25, -0.2) is 22.4 Å². The van der Waals surface area contributed by atoms with E-state index in [0.717, 1.165) is 25.3 Å². The fourth-order valence-corrected chi connectivity index (χ4v) is 4.09. The molecular weight excluding hydrogens is 446 g/mol. The lowest BCUT2D eigenvalue weighted by Crippen LogP contribution is -2.38. The van der Waals surface area contributed by atoms with Crippen LogP contribution in [0.2, 0.25) is 0 Å². The van der Waals surface area contributed by atoms with Gasteiger partial charge in [0.05, 0.1) is 17.1 Å². The minimum Gasteiger partial charge on any atom is -0.441 e. The summed E-state index contributed by atoms with van der Waals surface area (Å²) in [6, 6.07) is 3.33. The molecule has 3 N–H and O–H groups in total. The fourth-order valence-electron chi connectivity index (χ4n) is 3.28. The predicted octanol–water partition coefficient (Wildman–Crippen LogP) is 6.85. The minimum absolute atomic E-state index is 0.309. The van der Waals surface area contributed by atoms with Crippen LogP contribution in [0.3, 0.4) is 0 Å². The highest BCUT2D eigenvalue weighted by molar-refractivity contribution is 7.99. The Balaban J connectivity index is 0.00000176. The van der Waals surface area contributed by atoms with Gasteiger partial charge >= 0.3 is 6.09 Å². The summed E-state index contributed by atoms with van der Waals surface area (Å²) >= 11 is 0.824. The summed E-state index contributed by atoms with van der Waals surface area (Å²) < 4.78 is 63.7. The molecule has 0 saturated heterocycles. The van der Waals surface area contributed by atoms with Gasteiger partial charge in [0.25, 0.3) is 0 Å². The number of hydrogen-bond acceptors (Lipinski definition) is 5. The van der Waals surface area contributed by atoms with E-state index in [2.05, 4.69) is 4.72 Å². The van der Waals surface area contributed by atoms with Crippen molar-refractivity contribution in [2.24, 2.45) is 0 Å². The van der Waals surface area contributed by atoms with Crippen LogP contribution in [0, 0.1) is 30.2 Å². The first-order chi connectivity index (χ1) is 15.2. The molecule has 0 bridgehead atoms. The second-order valence-electron chi connectivity index (χ2n) is 6.89. The van der Waals surface area contributed by atoms with Gasteiger partial charge in [-0.05, 0) is 44.3 Å². The van der Waals surface area contributed by atoms with Gasteiger partial charge in [-0.3, -0.25) is 4.90 Å². The van der Waals surface area contributed by atoms with Crippen molar-refractivity contribution in [3.63, 3.8) is 0 Å². The zero-order valence-electron chi connectivity index (χ0n) is 18.6. The Bertz CT molecular complexity index is 975. The van der Waals surface area contributed by atoms with E-state index in [9.17, 15) is 22.4 Å². The predicted molar refractivity (Wildman–Crippen MR) is 121 cm³/mol. The van der Waals surface area contributed by atoms with Crippen molar-refractivity contribution in [2.75, 3.05) is 21.9 Å². The van der Waals surface area contributed by atoms with E-state index in [1.54, 1.807) is 19.1 Å². The van der Waals surface area contributed by atoms with Crippen LogP contribution in [0.15, 0.2) is 12.1 Å². The van der Waals surface area contributed by atoms with Gasteiger partial charge in [0, 0.05) is 29.0 Å². The Morgan fingerprint density at radius 1 is 1.12 bits per heavy atom. The number of anilines is 3. The minimum atomic E-state index is -1.42. The number of nitrogens with one attached hydrogen (secondary N) is 1. The molecule has 0 spiro atoms. The molecule has 10 heteroatoms. The number of rotatable bonds is 6. The summed E-state index contributed by atoms with van der Waals surface area (Å²) in [5.74, 6) is -6.05. The van der Waals surface area contributed by atoms with Crippen LogP contribution >= 0.6 is 11.9 Å². The SMILES string of the molecule is CC.CCCN1C(=O)OC(C)c2c1ccc(NSCc1c(F)c(F)c(C)c(F)c1F)c2N. The summed E-state index contributed by atoms with van der Waals surface area (Å²) in [5, 5.41) is 0. The van der Waals surface area contributed by atoms with E-state index in [1.165, 1.54) is 4.90 Å². The van der Waals surface area contributed by atoms with Gasteiger partial charge in [0.1, 0.15) is 6.10 Å². The topological polar surface area (TPSA) is 67.6 Å². The molecule has 0 aromatic heterocycles. The first-order valence-corrected chi connectivity index (χ1v) is 11.3. The van der Waals surface area contributed by atoms with Crippen LogP contribution in [0.5, 0.6) is 0 Å². The lowest BCUT2D eigenvalue weighted by atomic mass is 10.0. The molecule has 0 radical (unpaired) electrons. The lowest BCUT2D eigenvalue weighted by molar-refractivity contribution is 0.108. The second kappa shape index (κ2) is 10.8. The van der Waals surface area contributed by atoms with Gasteiger partial charge in [-0.15, -0.1) is 0 Å². The fraction of sp³-hybridized carbons (Fsp3) is 0.409. The number of nitrogens with zero attached hydrogens (tertiary/aromatic N) is 1. The Morgan fingerprint density at radius 2 is 1.72 bits per heavy atom. The van der Waals surface area contributed by atoms with Crippen LogP contribution in [-0.2, 0) is 10.5 Å². The second-order valence-corrected chi connectivity index (χ2v) is 7.67. The average molecular weight is 474 g/mol. The normalized spacial score (nSPS) is 15.0. The Hall–Kier alpha value is -2.62. The van der Waals surface area contributed by atoms with Crippen molar-refractivity contribution >= 4 is 35.1 Å². The van der Waals surface area contributed by atoms with Crippen molar-refractivity contribution in [3.05, 3.63) is 52.1 Å². The molecule has 0 aliphatic carbocycles. The van der Waals surface area contributed by atoms with Crippen LogP contribution in [0.4, 0.5) is 39.4 Å². The smallest absolute Gasteiger partial charge is 0.414 e. The average Bonchev–Trinajstić information content (AvgIpc) is 2.78. The third-order valence-electron chi connectivity index (χ3n) is 4.88. The number of halogens is 4. The van der Waals surface area contributed by atoms with E-state index in [-0.39, 0.29) is 5.75 Å². The number of nitrogen functional groups attached to an aromatic ring is 1. The van der Waals surface area contributed by atoms with Crippen LogP contribution in [0.25, 0.3) is 0 Å². The molecule has 3 rings (SSSR count). The molecule has 0 fully saturated rings. The summed E-state index contributed by atoms with van der Waals surface area (Å²) in [6.45, 7) is 9.05. The standard InChI is InChI=1S/C20H21F4N3O2S.C2H6/c1-4-7-27-13-6-5-12(19(25)14(13)10(3)29-20(27)28)26-30-8-11-17(23)15(21)9(2)16(22)18(11)24;1-2/h5-6,10,26H,4,7-8,25H2,1-3H3;1-2H3. The number of carbonyl (C=O) groups is 1. The quantitative estimate of drug-likeness (QED) is 0.208. The summed E-state index contributed by atoms with van der Waals surface area (Å²) in [7, 11) is 0. The molecule has 1 atom stereocenters. The van der Waals surface area contributed by atoms with Crippen molar-refractivity contribution in [2.45, 2.75) is 52.9 Å². The molecule has 1 aliphatic heterocycles. The number of hydrogen-bond donors (Lipinski definition) is 2. The molecule has 0 saturated carbocycles. The van der Waals surface area contributed by atoms with E-state index in [0.29, 0.717) is 29.2 Å². The van der Waals surface area contributed by atoms with Crippen molar-refractivity contribution in [3.8, 4) is 0 Å². The Labute approximate surface area is 189 Å². The maximum Gasteiger partial charge on any atom is 0.414 e. The van der Waals surface area contributed by atoms with Gasteiger partial charge in [0.15, 0.2) is 23.3 Å². The van der Waals surface area contributed by atoms with Crippen LogP contribution in [0.1, 0.15) is 56.9 Å². The van der Waals surface area contributed by atoms with E-state index < -0.39 is 46.6 Å². The molecule has 5 nitrogen and oxygen atoms in total. The van der Waals surface area contributed by atoms with Crippen LogP contribution in [-0.4, -0.2) is 12.6 Å². The van der Waals surface area contributed by atoms with Gasteiger partial charge in [-0.1, -0.05) is 20.8 Å². The number of ether oxygens (including phenoxy) is 1. The van der Waals surface area contributed by atoms with E-state index in [4.69, 9.17) is 10.5 Å². The first-order valence-electron chi connectivity index (χ1n) is 10.3. The highest BCUT2D eigenvalue weighted by atomic mass is 32.2. The molecule has 2 aromatic rings. The van der Waals surface area contributed by atoms with Crippen LogP contribution < -0.4 is 15.4 Å². The molecule has 1 unspecified atom stereocenters. The highest BCUT2D eigenvalue weighted by Crippen LogP contribution is 2.42. The number of amides is 1. The third kappa shape index (κ3) is 4.74. The Morgan fingerprint density at radius 3 is 2.28 bits per heavy atom. The molecule has 1 aliphatic rings. The van der Waals surface area contributed by atoms with Gasteiger partial charge < -0.3 is 15.2 Å². The molecule has 2 aromatic carbocycles. The van der Waals surface area contributed by atoms with E-state index in [1.807, 2.05) is 20.8 Å². The molecule has 1 amide bonds. The largest absolute Gasteiger partial charge is 0.441 e. The highest BCUT2D eigenvalue weighted by Gasteiger charge is 2.32. The number of carbonyl (C=O) groups excluding carboxylic acids is 1. The molecule has 176 valence electrons. The number of benzene rings is 2. The first kappa shape index (κ1) is 25.6. The summed E-state index contributed by atoms with van der Waals surface area (Å²) in [5.41, 5.74) is 6.81. The number of nitrogens with two attached hydrogens (primary N) is 1. The summed E-state index contributed by atoms with van der Waals surface area (Å²) in [6.07, 6.45) is -0.317. The van der Waals surface area contributed by atoms with Gasteiger partial charge in [0.2, 0.25) is 0 Å². The molecular formula is C22H27F4N3O2S. The molecule has 32 heavy (non-hydrogen) atoms. The van der Waals surface area contributed by atoms with Crippen molar-refractivity contribution in [1.82, 2.24) is 0 Å². The molecule has 1 heterocycles. The Kier molecular flexibility index (Phi) is 8.65.